The van der Waals surface area contributed by atoms with Crippen LogP contribution >= 0.6 is 11.6 Å². The Kier molecular flexibility index (Phi) is 4.53. The third kappa shape index (κ3) is 3.26. The first-order valence-corrected chi connectivity index (χ1v) is 8.78. The lowest BCUT2D eigenvalue weighted by Crippen LogP contribution is -2.45. The molecule has 0 saturated heterocycles. The van der Waals surface area contributed by atoms with Crippen molar-refractivity contribution < 1.29 is 19.1 Å². The van der Waals surface area contributed by atoms with E-state index < -0.39 is 5.43 Å². The van der Waals surface area contributed by atoms with Crippen molar-refractivity contribution in [2.45, 2.75) is 12.9 Å². The van der Waals surface area contributed by atoms with Crippen LogP contribution in [0.1, 0.15) is 17.2 Å². The zero-order valence-electron chi connectivity index (χ0n) is 14.4. The number of benzene rings is 2. The van der Waals surface area contributed by atoms with Crippen molar-refractivity contribution in [3.05, 3.63) is 59.2 Å². The van der Waals surface area contributed by atoms with Gasteiger partial charge >= 0.3 is 11.5 Å². The van der Waals surface area contributed by atoms with Crippen molar-refractivity contribution in [1.29, 1.82) is 0 Å². The van der Waals surface area contributed by atoms with E-state index in [1.807, 2.05) is 44.4 Å². The summed E-state index contributed by atoms with van der Waals surface area (Å²) in [5.74, 6) is 1.10. The minimum Gasteiger partial charge on any atom is -0.488 e. The van der Waals surface area contributed by atoms with Gasteiger partial charge in [-0.1, -0.05) is 31.1 Å². The largest absolute Gasteiger partial charge is 0.488 e. The van der Waals surface area contributed by atoms with Gasteiger partial charge < -0.3 is 20.1 Å². The molecule has 2 aromatic rings. The second-order valence-corrected chi connectivity index (χ2v) is 6.45. The number of halogens is 1. The summed E-state index contributed by atoms with van der Waals surface area (Å²) in [6, 6.07) is 12.3. The molecule has 2 aliphatic heterocycles. The Labute approximate surface area is 161 Å². The Balaban J connectivity index is 1.77. The minimum atomic E-state index is -0.900. The van der Waals surface area contributed by atoms with Gasteiger partial charge in [0, 0.05) is 22.7 Å². The number of carbonyl (C=O) groups is 2. The maximum absolute atomic E-state index is 12.3. The van der Waals surface area contributed by atoms with Crippen molar-refractivity contribution >= 4 is 41.5 Å². The van der Waals surface area contributed by atoms with Crippen LogP contribution in [0, 0.1) is 0 Å². The van der Waals surface area contributed by atoms with Crippen molar-refractivity contribution in [1.82, 2.24) is 10.6 Å². The van der Waals surface area contributed by atoms with Crippen LogP contribution in [0.25, 0.3) is 5.70 Å². The summed E-state index contributed by atoms with van der Waals surface area (Å²) in [4.78, 5) is 23.3. The number of rotatable bonds is 3. The molecule has 1 radical (unpaired) electrons. The number of carbonyl (C=O) groups excluding carboxylic acids is 2. The van der Waals surface area contributed by atoms with Gasteiger partial charge in [-0.15, -0.1) is 0 Å². The fourth-order valence-corrected chi connectivity index (χ4v) is 3.46. The molecule has 135 valence electrons. The molecule has 0 spiro atoms. The van der Waals surface area contributed by atoms with E-state index in [4.69, 9.17) is 21.1 Å². The maximum atomic E-state index is 12.3. The molecule has 0 aromatic heterocycles. The highest BCUT2D eigenvalue weighted by Crippen LogP contribution is 2.38. The lowest BCUT2D eigenvalue weighted by Gasteiger charge is -2.34. The number of hydrogen-bond donors (Lipinski definition) is 2. The number of nitrogens with one attached hydrogen (secondary N) is 2. The third-order valence-electron chi connectivity index (χ3n) is 4.59. The van der Waals surface area contributed by atoms with Gasteiger partial charge in [0.25, 0.3) is 0 Å². The lowest BCUT2D eigenvalue weighted by molar-refractivity contribution is 0.226. The molecule has 0 saturated carbocycles. The van der Waals surface area contributed by atoms with Crippen molar-refractivity contribution in [3.63, 3.8) is 0 Å². The molecule has 1 atom stereocenters. The van der Waals surface area contributed by atoms with E-state index in [2.05, 4.69) is 10.6 Å². The quantitative estimate of drug-likeness (QED) is 0.633. The normalized spacial score (nSPS) is 17.7. The Hall–Kier alpha value is -2.93. The van der Waals surface area contributed by atoms with E-state index in [0.717, 1.165) is 28.1 Å². The van der Waals surface area contributed by atoms with Crippen LogP contribution in [0.3, 0.4) is 0 Å². The first kappa shape index (κ1) is 17.5. The highest BCUT2D eigenvalue weighted by atomic mass is 35.5. The van der Waals surface area contributed by atoms with Crippen LogP contribution in [-0.4, -0.2) is 25.3 Å². The van der Waals surface area contributed by atoms with E-state index in [9.17, 15) is 9.59 Å². The molecular weight excluding hydrogens is 366 g/mol. The number of hydrogen-bond acceptors (Lipinski definition) is 4. The minimum absolute atomic E-state index is 0.284. The zero-order valence-corrected chi connectivity index (χ0v) is 15.2. The van der Waals surface area contributed by atoms with Gasteiger partial charge in [-0.25, -0.2) is 9.59 Å². The Bertz CT molecular complexity index is 976. The predicted octanol–water partition coefficient (Wildman–Crippen LogP) is 2.96. The average Bonchev–Trinajstić information content (AvgIpc) is 2.67. The predicted molar refractivity (Wildman–Crippen MR) is 103 cm³/mol. The molecule has 4 rings (SSSR count). The lowest BCUT2D eigenvalue weighted by atomic mass is 9.71. The number of para-hydroxylation sites is 1. The molecular formula is C19H15BClN2O4. The summed E-state index contributed by atoms with van der Waals surface area (Å²) >= 11 is 5.32. The van der Waals surface area contributed by atoms with Gasteiger partial charge in [0.05, 0.1) is 11.7 Å². The third-order valence-corrected chi connectivity index (χ3v) is 4.67. The van der Waals surface area contributed by atoms with E-state index >= 15 is 0 Å². The molecule has 0 aliphatic carbocycles. The summed E-state index contributed by atoms with van der Waals surface area (Å²) in [5.41, 5.74) is 3.20. The summed E-state index contributed by atoms with van der Waals surface area (Å²) in [6.07, 6.45) is 0. The molecule has 6 nitrogen and oxygen atoms in total. The van der Waals surface area contributed by atoms with Gasteiger partial charge in [-0.05, 0) is 29.2 Å². The van der Waals surface area contributed by atoms with Gasteiger partial charge in [0.2, 0.25) is 0 Å². The van der Waals surface area contributed by atoms with Gasteiger partial charge in [-0.3, -0.25) is 0 Å². The van der Waals surface area contributed by atoms with Crippen LogP contribution in [0.5, 0.6) is 11.5 Å². The molecule has 2 amide bonds. The topological polar surface area (TPSA) is 76.7 Å². The monoisotopic (exact) mass is 381 g/mol. The molecule has 1 unspecified atom stereocenters. The number of ether oxygens (including phenoxy) is 2. The van der Waals surface area contributed by atoms with Gasteiger partial charge in [0.15, 0.2) is 7.28 Å². The Morgan fingerprint density at radius 2 is 2.11 bits per heavy atom. The fraction of sp³-hybridized carbons (Fsp3) is 0.158. The Morgan fingerprint density at radius 1 is 1.30 bits per heavy atom. The summed E-state index contributed by atoms with van der Waals surface area (Å²) < 4.78 is 10.9. The summed E-state index contributed by atoms with van der Waals surface area (Å²) in [7, 11) is 1.81. The van der Waals surface area contributed by atoms with Crippen LogP contribution in [0.4, 0.5) is 9.59 Å². The van der Waals surface area contributed by atoms with Crippen LogP contribution in [0.15, 0.2) is 48.0 Å². The molecule has 2 N–H and O–H groups in total. The van der Waals surface area contributed by atoms with Crippen molar-refractivity contribution in [2.75, 3.05) is 6.61 Å². The maximum Gasteiger partial charge on any atom is 0.409 e. The van der Waals surface area contributed by atoms with Gasteiger partial charge in [-0.2, -0.15) is 0 Å². The molecule has 2 heterocycles. The molecule has 0 fully saturated rings. The second kappa shape index (κ2) is 7.00. The first-order chi connectivity index (χ1) is 13.1. The average molecular weight is 382 g/mol. The number of fused-ring (bicyclic) bond motifs is 2. The van der Waals surface area contributed by atoms with E-state index in [1.54, 1.807) is 12.1 Å². The van der Waals surface area contributed by atoms with Crippen LogP contribution in [0.2, 0.25) is 6.82 Å². The molecule has 0 bridgehead atoms. The fourth-order valence-electron chi connectivity index (χ4n) is 3.38. The molecule has 27 heavy (non-hydrogen) atoms. The van der Waals surface area contributed by atoms with Crippen LogP contribution < -0.4 is 25.6 Å². The van der Waals surface area contributed by atoms with E-state index in [-0.39, 0.29) is 12.1 Å². The van der Waals surface area contributed by atoms with E-state index in [1.165, 1.54) is 0 Å². The molecule has 2 aromatic carbocycles. The highest BCUT2D eigenvalue weighted by molar-refractivity contribution is 6.61. The second-order valence-electron chi connectivity index (χ2n) is 6.14. The Morgan fingerprint density at radius 3 is 2.89 bits per heavy atom. The van der Waals surface area contributed by atoms with Crippen molar-refractivity contribution in [2.24, 2.45) is 0 Å². The smallest absolute Gasteiger partial charge is 0.409 e. The van der Waals surface area contributed by atoms with Crippen molar-refractivity contribution in [3.8, 4) is 11.5 Å². The zero-order chi connectivity index (χ0) is 19.0. The SMILES string of the molecule is C[B]c1cc(C2NC(=O)NC3=C2COc2ccccc23)ccc1OC(=O)Cl. The summed E-state index contributed by atoms with van der Waals surface area (Å²) in [5, 5.41) is 5.83. The first-order valence-electron chi connectivity index (χ1n) is 8.40. The molecule has 8 heteroatoms. The molecule has 2 aliphatic rings. The van der Waals surface area contributed by atoms with E-state index in [0.29, 0.717) is 17.8 Å². The standard InChI is InChI=1S/C19H15BClN2O4/c1-20-13-8-10(6-7-15(13)27-18(21)24)16-12-9-26-14-5-3-2-4-11(14)17(12)23-19(25)22-16/h2-8,16H,9H2,1H3,(H2,22,23,25). The summed E-state index contributed by atoms with van der Waals surface area (Å²) in [6.45, 7) is 2.18. The number of urea groups is 1. The van der Waals surface area contributed by atoms with Gasteiger partial charge in [0.1, 0.15) is 18.1 Å². The highest BCUT2D eigenvalue weighted by Gasteiger charge is 2.33. The van der Waals surface area contributed by atoms with Crippen LogP contribution in [-0.2, 0) is 0 Å². The number of amides is 2.